The third-order valence-electron chi connectivity index (χ3n) is 3.87. The van der Waals surface area contributed by atoms with Crippen molar-refractivity contribution in [3.63, 3.8) is 0 Å². The molecule has 0 saturated carbocycles. The largest absolute Gasteiger partial charge is 0.354 e. The van der Waals surface area contributed by atoms with Gasteiger partial charge in [0.25, 0.3) is 0 Å². The smallest absolute Gasteiger partial charge is 0.242 e. The lowest BCUT2D eigenvalue weighted by atomic mass is 10.1. The van der Waals surface area contributed by atoms with Crippen LogP contribution in [0.4, 0.5) is 0 Å². The monoisotopic (exact) mass is 386 g/mol. The van der Waals surface area contributed by atoms with Gasteiger partial charge < -0.3 is 10.2 Å². The van der Waals surface area contributed by atoms with E-state index in [-0.39, 0.29) is 11.8 Å². The zero-order chi connectivity index (χ0) is 19.0. The fourth-order valence-corrected chi connectivity index (χ4v) is 2.85. The van der Waals surface area contributed by atoms with Crippen LogP contribution in [0.2, 0.25) is 10.0 Å². The predicted octanol–water partition coefficient (Wildman–Crippen LogP) is 4.67. The van der Waals surface area contributed by atoms with Crippen LogP contribution in [0, 0.1) is 5.92 Å². The van der Waals surface area contributed by atoms with E-state index in [9.17, 15) is 9.59 Å². The number of rotatable bonds is 9. The molecule has 2 amide bonds. The van der Waals surface area contributed by atoms with Gasteiger partial charge in [-0.2, -0.15) is 0 Å². The van der Waals surface area contributed by atoms with E-state index in [0.29, 0.717) is 41.9 Å². The molecule has 0 fully saturated rings. The molecule has 0 bridgehead atoms. The first kappa shape index (κ1) is 21.8. The number of nitrogens with one attached hydrogen (secondary N) is 1. The zero-order valence-corrected chi connectivity index (χ0v) is 17.0. The van der Waals surface area contributed by atoms with Crippen LogP contribution in [0.15, 0.2) is 18.2 Å². The maximum Gasteiger partial charge on any atom is 0.242 e. The van der Waals surface area contributed by atoms with E-state index in [1.807, 2.05) is 33.8 Å². The molecule has 0 aliphatic rings. The van der Waals surface area contributed by atoms with Gasteiger partial charge in [-0.1, -0.05) is 57.0 Å². The van der Waals surface area contributed by atoms with Gasteiger partial charge in [0.05, 0.1) is 10.0 Å². The molecule has 0 radical (unpaired) electrons. The zero-order valence-electron chi connectivity index (χ0n) is 15.4. The summed E-state index contributed by atoms with van der Waals surface area (Å²) in [7, 11) is 0. The van der Waals surface area contributed by atoms with Gasteiger partial charge in [0, 0.05) is 19.5 Å². The van der Waals surface area contributed by atoms with E-state index in [0.717, 1.165) is 12.0 Å². The minimum atomic E-state index is -0.493. The number of hydrogen-bond acceptors (Lipinski definition) is 2. The normalized spacial score (nSPS) is 12.1. The van der Waals surface area contributed by atoms with E-state index in [4.69, 9.17) is 23.2 Å². The fraction of sp³-hybridized carbons (Fsp3) is 0.579. The molecule has 1 aromatic rings. The van der Waals surface area contributed by atoms with E-state index in [1.54, 1.807) is 17.0 Å². The number of benzene rings is 1. The molecule has 0 aliphatic carbocycles. The van der Waals surface area contributed by atoms with Crippen molar-refractivity contribution in [1.82, 2.24) is 10.2 Å². The molecule has 140 valence electrons. The standard InChI is InChI=1S/C19H28Cl2N2O2/c1-5-7-18(24)23(12-14-8-9-15(20)16(21)10-14)17(6-2)19(25)22-11-13(3)4/h8-10,13,17H,5-7,11-12H2,1-4H3,(H,22,25)/t17-/m1/s1. The highest BCUT2D eigenvalue weighted by Gasteiger charge is 2.28. The Morgan fingerprint density at radius 3 is 2.36 bits per heavy atom. The summed E-state index contributed by atoms with van der Waals surface area (Å²) in [4.78, 5) is 26.9. The maximum absolute atomic E-state index is 12.6. The number of carbonyl (C=O) groups is 2. The summed E-state index contributed by atoms with van der Waals surface area (Å²) in [5, 5.41) is 3.85. The van der Waals surface area contributed by atoms with Crippen molar-refractivity contribution < 1.29 is 9.59 Å². The highest BCUT2D eigenvalue weighted by Crippen LogP contribution is 2.24. The number of amides is 2. The lowest BCUT2D eigenvalue weighted by molar-refractivity contribution is -0.141. The van der Waals surface area contributed by atoms with Crippen molar-refractivity contribution in [2.24, 2.45) is 5.92 Å². The minimum absolute atomic E-state index is 0.0277. The first-order chi connectivity index (χ1) is 11.8. The van der Waals surface area contributed by atoms with Crippen molar-refractivity contribution in [3.8, 4) is 0 Å². The fourth-order valence-electron chi connectivity index (χ4n) is 2.53. The number of nitrogens with zero attached hydrogens (tertiary/aromatic N) is 1. The molecule has 1 atom stereocenters. The predicted molar refractivity (Wildman–Crippen MR) is 104 cm³/mol. The van der Waals surface area contributed by atoms with Crippen molar-refractivity contribution in [1.29, 1.82) is 0 Å². The third-order valence-corrected chi connectivity index (χ3v) is 4.61. The SMILES string of the molecule is CCCC(=O)N(Cc1ccc(Cl)c(Cl)c1)[C@H](CC)C(=O)NCC(C)C. The van der Waals surface area contributed by atoms with Crippen LogP contribution in [0.25, 0.3) is 0 Å². The van der Waals surface area contributed by atoms with Gasteiger partial charge in [0.15, 0.2) is 0 Å². The maximum atomic E-state index is 12.6. The number of hydrogen-bond donors (Lipinski definition) is 1. The summed E-state index contributed by atoms with van der Waals surface area (Å²) in [6.45, 7) is 8.88. The number of halogens is 2. The summed E-state index contributed by atoms with van der Waals surface area (Å²) in [5.74, 6) is 0.220. The van der Waals surface area contributed by atoms with Crippen LogP contribution in [0.1, 0.15) is 52.5 Å². The molecule has 0 heterocycles. The van der Waals surface area contributed by atoms with Crippen molar-refractivity contribution in [2.75, 3.05) is 6.54 Å². The Morgan fingerprint density at radius 1 is 1.16 bits per heavy atom. The topological polar surface area (TPSA) is 49.4 Å². The molecule has 0 saturated heterocycles. The summed E-state index contributed by atoms with van der Waals surface area (Å²) in [6.07, 6.45) is 1.71. The Morgan fingerprint density at radius 2 is 1.84 bits per heavy atom. The van der Waals surface area contributed by atoms with Gasteiger partial charge in [0.1, 0.15) is 6.04 Å². The van der Waals surface area contributed by atoms with Crippen LogP contribution in [0.5, 0.6) is 0 Å². The van der Waals surface area contributed by atoms with Gasteiger partial charge in [-0.3, -0.25) is 9.59 Å². The average molecular weight is 387 g/mol. The second-order valence-electron chi connectivity index (χ2n) is 6.58. The third kappa shape index (κ3) is 6.87. The molecule has 25 heavy (non-hydrogen) atoms. The molecule has 0 unspecified atom stereocenters. The van der Waals surface area contributed by atoms with Gasteiger partial charge in [0.2, 0.25) is 11.8 Å². The molecule has 4 nitrogen and oxygen atoms in total. The van der Waals surface area contributed by atoms with E-state index in [1.165, 1.54) is 0 Å². The Labute approximate surface area is 160 Å². The first-order valence-corrected chi connectivity index (χ1v) is 9.56. The van der Waals surface area contributed by atoms with Crippen LogP contribution in [-0.2, 0) is 16.1 Å². The Bertz CT molecular complexity index is 591. The van der Waals surface area contributed by atoms with E-state index in [2.05, 4.69) is 5.32 Å². The molecule has 1 N–H and O–H groups in total. The summed E-state index contributed by atoms with van der Waals surface area (Å²) < 4.78 is 0. The Hall–Kier alpha value is -1.26. The van der Waals surface area contributed by atoms with Crippen LogP contribution < -0.4 is 5.32 Å². The minimum Gasteiger partial charge on any atom is -0.354 e. The molecular formula is C19H28Cl2N2O2. The van der Waals surface area contributed by atoms with Gasteiger partial charge in [-0.25, -0.2) is 0 Å². The van der Waals surface area contributed by atoms with Crippen molar-refractivity contribution >= 4 is 35.0 Å². The van der Waals surface area contributed by atoms with Gasteiger partial charge in [-0.15, -0.1) is 0 Å². The van der Waals surface area contributed by atoms with E-state index >= 15 is 0 Å². The summed E-state index contributed by atoms with van der Waals surface area (Å²) in [5.41, 5.74) is 0.856. The highest BCUT2D eigenvalue weighted by atomic mass is 35.5. The molecule has 0 aliphatic heterocycles. The van der Waals surface area contributed by atoms with Crippen LogP contribution in [0.3, 0.4) is 0 Å². The molecule has 1 rings (SSSR count). The molecule has 0 aromatic heterocycles. The van der Waals surface area contributed by atoms with Gasteiger partial charge >= 0.3 is 0 Å². The van der Waals surface area contributed by atoms with Crippen LogP contribution in [-0.4, -0.2) is 29.3 Å². The highest BCUT2D eigenvalue weighted by molar-refractivity contribution is 6.42. The van der Waals surface area contributed by atoms with Crippen molar-refractivity contribution in [2.45, 2.75) is 59.5 Å². The molecular weight excluding hydrogens is 359 g/mol. The van der Waals surface area contributed by atoms with E-state index < -0.39 is 6.04 Å². The quantitative estimate of drug-likeness (QED) is 0.669. The van der Waals surface area contributed by atoms with Crippen molar-refractivity contribution in [3.05, 3.63) is 33.8 Å². The summed E-state index contributed by atoms with van der Waals surface area (Å²) >= 11 is 12.0. The lowest BCUT2D eigenvalue weighted by Crippen LogP contribution is -2.49. The first-order valence-electron chi connectivity index (χ1n) is 8.81. The Balaban J connectivity index is 3.01. The molecule has 6 heteroatoms. The average Bonchev–Trinajstić information content (AvgIpc) is 2.56. The van der Waals surface area contributed by atoms with Gasteiger partial charge in [-0.05, 0) is 36.5 Å². The summed E-state index contributed by atoms with van der Waals surface area (Å²) in [6, 6.07) is 4.79. The van der Waals surface area contributed by atoms with Crippen LogP contribution >= 0.6 is 23.2 Å². The lowest BCUT2D eigenvalue weighted by Gasteiger charge is -2.31. The Kier molecular flexibility index (Phi) is 9.30. The second kappa shape index (κ2) is 10.7. The molecule has 1 aromatic carbocycles. The molecule has 0 spiro atoms. The number of carbonyl (C=O) groups excluding carboxylic acids is 2. The second-order valence-corrected chi connectivity index (χ2v) is 7.40.